The summed E-state index contributed by atoms with van der Waals surface area (Å²) < 4.78 is 33.2. The summed E-state index contributed by atoms with van der Waals surface area (Å²) in [6.45, 7) is 2.53. The molecule has 31 heavy (non-hydrogen) atoms. The van der Waals surface area contributed by atoms with Crippen molar-refractivity contribution in [1.82, 2.24) is 10.3 Å². The number of H-pyrrole nitrogens is 1. The Morgan fingerprint density at radius 1 is 1.23 bits per heavy atom. The lowest BCUT2D eigenvalue weighted by Crippen LogP contribution is -2.30. The van der Waals surface area contributed by atoms with Crippen LogP contribution >= 0.6 is 11.6 Å². The van der Waals surface area contributed by atoms with Crippen LogP contribution in [0.2, 0.25) is 5.02 Å². The van der Waals surface area contributed by atoms with Crippen molar-refractivity contribution in [2.24, 2.45) is 0 Å². The molecule has 0 aliphatic carbocycles. The minimum atomic E-state index is -3.99. The average Bonchev–Trinajstić information content (AvgIpc) is 2.74. The molecule has 0 radical (unpaired) electrons. The number of rotatable bonds is 8. The third kappa shape index (κ3) is 5.07. The number of carbonyl (C=O) groups excluding carboxylic acids is 1. The van der Waals surface area contributed by atoms with Crippen molar-refractivity contribution in [3.05, 3.63) is 69.0 Å². The number of fused-ring (bicyclic) bond motifs is 1. The Balaban J connectivity index is 1.94. The van der Waals surface area contributed by atoms with Gasteiger partial charge < -0.3 is 15.0 Å². The molecule has 1 aromatic heterocycles. The minimum Gasteiger partial charge on any atom is -0.385 e. The SMILES string of the molecule is COCCCNC(=O)c1c[nH]c2ccc(S(=O)(=O)Nc3cccc(Cl)c3C)cc2c1=O. The number of benzene rings is 2. The van der Waals surface area contributed by atoms with Gasteiger partial charge in [0.1, 0.15) is 5.56 Å². The van der Waals surface area contributed by atoms with Gasteiger partial charge in [0.15, 0.2) is 0 Å². The van der Waals surface area contributed by atoms with Crippen LogP contribution in [0.15, 0.2) is 52.3 Å². The summed E-state index contributed by atoms with van der Waals surface area (Å²) in [6.07, 6.45) is 1.92. The second-order valence-corrected chi connectivity index (χ2v) is 8.95. The Morgan fingerprint density at radius 2 is 2.00 bits per heavy atom. The van der Waals surface area contributed by atoms with E-state index in [1.54, 1.807) is 32.2 Å². The average molecular weight is 464 g/mol. The van der Waals surface area contributed by atoms with Gasteiger partial charge in [-0.1, -0.05) is 17.7 Å². The number of hydrogen-bond acceptors (Lipinski definition) is 5. The predicted octanol–water partition coefficient (Wildman–Crippen LogP) is 3.06. The van der Waals surface area contributed by atoms with E-state index in [0.29, 0.717) is 41.4 Å². The van der Waals surface area contributed by atoms with Crippen molar-refractivity contribution in [2.45, 2.75) is 18.2 Å². The summed E-state index contributed by atoms with van der Waals surface area (Å²) in [5.41, 5.74) is 0.676. The van der Waals surface area contributed by atoms with E-state index in [0.717, 1.165) is 0 Å². The second-order valence-electron chi connectivity index (χ2n) is 6.86. The molecule has 3 aromatic rings. The fourth-order valence-corrected chi connectivity index (χ4v) is 4.29. The van der Waals surface area contributed by atoms with Gasteiger partial charge in [-0.05, 0) is 49.2 Å². The molecule has 3 rings (SSSR count). The number of aromatic amines is 1. The number of halogens is 1. The lowest BCUT2D eigenvalue weighted by molar-refractivity contribution is 0.0947. The van der Waals surface area contributed by atoms with Gasteiger partial charge in [0, 0.05) is 42.4 Å². The van der Waals surface area contributed by atoms with E-state index in [1.807, 2.05) is 0 Å². The lowest BCUT2D eigenvalue weighted by Gasteiger charge is -2.12. The first-order valence-electron chi connectivity index (χ1n) is 9.45. The van der Waals surface area contributed by atoms with Crippen LogP contribution in [0.1, 0.15) is 22.3 Å². The van der Waals surface area contributed by atoms with E-state index >= 15 is 0 Å². The van der Waals surface area contributed by atoms with E-state index < -0.39 is 21.4 Å². The van der Waals surface area contributed by atoms with Gasteiger partial charge >= 0.3 is 0 Å². The van der Waals surface area contributed by atoms with Gasteiger partial charge in [0.2, 0.25) is 5.43 Å². The summed E-state index contributed by atoms with van der Waals surface area (Å²) in [5.74, 6) is -0.541. The molecule has 0 aliphatic heterocycles. The third-order valence-electron chi connectivity index (χ3n) is 4.73. The maximum atomic E-state index is 12.9. The van der Waals surface area contributed by atoms with Crippen LogP contribution in [-0.2, 0) is 14.8 Å². The molecule has 0 spiro atoms. The van der Waals surface area contributed by atoms with Crippen molar-refractivity contribution in [3.8, 4) is 0 Å². The molecule has 0 bridgehead atoms. The van der Waals surface area contributed by atoms with Gasteiger partial charge in [-0.25, -0.2) is 8.42 Å². The molecule has 0 atom stereocenters. The molecule has 164 valence electrons. The van der Waals surface area contributed by atoms with Crippen LogP contribution in [-0.4, -0.2) is 39.6 Å². The molecular weight excluding hydrogens is 442 g/mol. The maximum absolute atomic E-state index is 12.9. The topological polar surface area (TPSA) is 117 Å². The predicted molar refractivity (Wildman–Crippen MR) is 120 cm³/mol. The number of nitrogens with one attached hydrogen (secondary N) is 3. The number of pyridine rings is 1. The number of sulfonamides is 1. The van der Waals surface area contributed by atoms with Gasteiger partial charge in [-0.2, -0.15) is 0 Å². The van der Waals surface area contributed by atoms with Crippen molar-refractivity contribution in [2.75, 3.05) is 25.0 Å². The number of aromatic nitrogens is 1. The quantitative estimate of drug-likeness (QED) is 0.444. The number of hydrogen-bond donors (Lipinski definition) is 3. The normalized spacial score (nSPS) is 11.5. The number of ether oxygens (including phenoxy) is 1. The molecule has 0 aliphatic rings. The molecule has 0 saturated carbocycles. The van der Waals surface area contributed by atoms with Crippen molar-refractivity contribution in [1.29, 1.82) is 0 Å². The van der Waals surface area contributed by atoms with Gasteiger partial charge in [-0.15, -0.1) is 0 Å². The standard InChI is InChI=1S/C21H22ClN3O5S/c1-13-17(22)5-3-6-18(13)25-31(28,29)14-7-8-19-15(11-14)20(26)16(12-24-19)21(27)23-9-4-10-30-2/h3,5-8,11-12,25H,4,9-10H2,1-2H3,(H,23,27)(H,24,26). The summed E-state index contributed by atoms with van der Waals surface area (Å²) in [4.78, 5) is 28.0. The van der Waals surface area contributed by atoms with Gasteiger partial charge in [-0.3, -0.25) is 14.3 Å². The Hall–Kier alpha value is -2.88. The largest absolute Gasteiger partial charge is 0.385 e. The number of anilines is 1. The van der Waals surface area contributed by atoms with Crippen molar-refractivity contribution >= 4 is 44.1 Å². The fraction of sp³-hybridized carbons (Fsp3) is 0.238. The number of carbonyl (C=O) groups is 1. The third-order valence-corrected chi connectivity index (χ3v) is 6.50. The summed E-state index contributed by atoms with van der Waals surface area (Å²) in [5, 5.41) is 3.17. The summed E-state index contributed by atoms with van der Waals surface area (Å²) in [6, 6.07) is 9.00. The first kappa shape index (κ1) is 22.8. The smallest absolute Gasteiger partial charge is 0.261 e. The first-order chi connectivity index (χ1) is 14.7. The van der Waals surface area contributed by atoms with Crippen LogP contribution in [0.5, 0.6) is 0 Å². The fourth-order valence-electron chi connectivity index (χ4n) is 2.97. The Labute approximate surface area is 184 Å². The molecule has 2 aromatic carbocycles. The molecule has 3 N–H and O–H groups in total. The first-order valence-corrected chi connectivity index (χ1v) is 11.3. The van der Waals surface area contributed by atoms with Gasteiger partial charge in [0.05, 0.1) is 10.6 Å². The Bertz CT molecular complexity index is 1290. The molecule has 10 heteroatoms. The molecular formula is C21H22ClN3O5S. The molecule has 1 heterocycles. The van der Waals surface area contributed by atoms with Crippen molar-refractivity contribution in [3.63, 3.8) is 0 Å². The van der Waals surface area contributed by atoms with Crippen LogP contribution in [0.25, 0.3) is 10.9 Å². The van der Waals surface area contributed by atoms with Crippen LogP contribution in [0, 0.1) is 6.92 Å². The molecule has 1 amide bonds. The number of amides is 1. The van der Waals surface area contributed by atoms with E-state index in [2.05, 4.69) is 15.0 Å². The van der Waals surface area contributed by atoms with Crippen LogP contribution in [0.3, 0.4) is 0 Å². The minimum absolute atomic E-state index is 0.0928. The zero-order valence-corrected chi connectivity index (χ0v) is 18.6. The van der Waals surface area contributed by atoms with Crippen LogP contribution in [0.4, 0.5) is 5.69 Å². The van der Waals surface area contributed by atoms with Gasteiger partial charge in [0.25, 0.3) is 15.9 Å². The van der Waals surface area contributed by atoms with E-state index in [1.165, 1.54) is 24.4 Å². The maximum Gasteiger partial charge on any atom is 0.261 e. The summed E-state index contributed by atoms with van der Waals surface area (Å²) >= 11 is 6.06. The monoisotopic (exact) mass is 463 g/mol. The molecule has 0 fully saturated rings. The highest BCUT2D eigenvalue weighted by Crippen LogP contribution is 2.26. The zero-order valence-electron chi connectivity index (χ0n) is 17.0. The summed E-state index contributed by atoms with van der Waals surface area (Å²) in [7, 11) is -2.43. The highest BCUT2D eigenvalue weighted by molar-refractivity contribution is 7.92. The molecule has 8 nitrogen and oxygen atoms in total. The van der Waals surface area contributed by atoms with E-state index in [-0.39, 0.29) is 15.8 Å². The molecule has 0 unspecified atom stereocenters. The zero-order chi connectivity index (χ0) is 22.6. The second kappa shape index (κ2) is 9.51. The highest BCUT2D eigenvalue weighted by atomic mass is 35.5. The van der Waals surface area contributed by atoms with Crippen molar-refractivity contribution < 1.29 is 17.9 Å². The Morgan fingerprint density at radius 3 is 2.74 bits per heavy atom. The lowest BCUT2D eigenvalue weighted by atomic mass is 10.1. The van der Waals surface area contributed by atoms with E-state index in [9.17, 15) is 18.0 Å². The highest BCUT2D eigenvalue weighted by Gasteiger charge is 2.19. The van der Waals surface area contributed by atoms with E-state index in [4.69, 9.17) is 16.3 Å². The number of methoxy groups -OCH3 is 1. The molecule has 0 saturated heterocycles. The van der Waals surface area contributed by atoms with Crippen LogP contribution < -0.4 is 15.5 Å². The Kier molecular flexibility index (Phi) is 6.99.